The molecule has 0 aromatic heterocycles. The van der Waals surface area contributed by atoms with Crippen molar-refractivity contribution in [1.82, 2.24) is 4.90 Å². The molecule has 6 heteroatoms. The van der Waals surface area contributed by atoms with Crippen molar-refractivity contribution in [1.29, 1.82) is 0 Å². The Morgan fingerprint density at radius 2 is 2.21 bits per heavy atom. The normalized spacial score (nSPS) is 14.6. The second-order valence-corrected chi connectivity index (χ2v) is 5.38. The van der Waals surface area contributed by atoms with Gasteiger partial charge in [0.2, 0.25) is 0 Å². The van der Waals surface area contributed by atoms with E-state index >= 15 is 0 Å². The number of anilines is 2. The van der Waals surface area contributed by atoms with E-state index in [4.69, 9.17) is 4.74 Å². The number of urea groups is 1. The number of carbonyl (C=O) groups is 2. The molecule has 1 aliphatic rings. The van der Waals surface area contributed by atoms with Gasteiger partial charge in [-0.25, -0.2) is 4.79 Å². The highest BCUT2D eigenvalue weighted by molar-refractivity contribution is 6.06. The fourth-order valence-electron chi connectivity index (χ4n) is 2.29. The number of allylic oxidation sites excluding steroid dienone is 3. The van der Waals surface area contributed by atoms with Crippen LogP contribution in [0.5, 0.6) is 0 Å². The van der Waals surface area contributed by atoms with Gasteiger partial charge >= 0.3 is 6.03 Å². The number of fused-ring (bicyclic) bond motifs is 1. The maximum Gasteiger partial charge on any atom is 0.321 e. The van der Waals surface area contributed by atoms with E-state index < -0.39 is 0 Å². The van der Waals surface area contributed by atoms with E-state index in [0.29, 0.717) is 23.6 Å². The van der Waals surface area contributed by atoms with Crippen LogP contribution in [0.4, 0.5) is 16.2 Å². The summed E-state index contributed by atoms with van der Waals surface area (Å²) in [5.41, 5.74) is 2.76. The molecule has 0 spiro atoms. The lowest BCUT2D eigenvalue weighted by Gasteiger charge is -2.26. The third kappa shape index (κ3) is 3.84. The molecule has 0 unspecified atom stereocenters. The maximum atomic E-state index is 12.5. The van der Waals surface area contributed by atoms with Crippen LogP contribution in [0.2, 0.25) is 0 Å². The Hall–Kier alpha value is -3.02. The van der Waals surface area contributed by atoms with Crippen LogP contribution in [0.25, 0.3) is 0 Å². The molecule has 1 aromatic carbocycles. The second-order valence-electron chi connectivity index (χ2n) is 5.38. The number of nitrogens with zero attached hydrogens (tertiary/aromatic N) is 1. The van der Waals surface area contributed by atoms with E-state index in [1.165, 1.54) is 7.11 Å². The number of carbonyl (C=O) groups excluding carboxylic acids is 2. The summed E-state index contributed by atoms with van der Waals surface area (Å²) in [6.45, 7) is 5.81. The predicted octanol–water partition coefficient (Wildman–Crippen LogP) is 3.27. The SMILES string of the molecule is C=C/C=C\C(C(=O)Nc1ccc2c(c1)CN(C)C(=O)N2)=C(/C)OC. The molecule has 2 rings (SSSR count). The lowest BCUT2D eigenvalue weighted by atomic mass is 10.1. The summed E-state index contributed by atoms with van der Waals surface area (Å²) in [5, 5.41) is 5.64. The largest absolute Gasteiger partial charge is 0.501 e. The van der Waals surface area contributed by atoms with Crippen LogP contribution in [-0.2, 0) is 16.1 Å². The number of hydrogen-bond acceptors (Lipinski definition) is 3. The summed E-state index contributed by atoms with van der Waals surface area (Å²) < 4.78 is 5.16. The van der Waals surface area contributed by atoms with Gasteiger partial charge in [-0.3, -0.25) is 4.79 Å². The lowest BCUT2D eigenvalue weighted by molar-refractivity contribution is -0.112. The van der Waals surface area contributed by atoms with Gasteiger partial charge < -0.3 is 20.3 Å². The Morgan fingerprint density at radius 3 is 2.88 bits per heavy atom. The number of amides is 3. The average Bonchev–Trinajstić information content (AvgIpc) is 2.56. The second kappa shape index (κ2) is 7.50. The zero-order chi connectivity index (χ0) is 17.7. The first kappa shape index (κ1) is 17.3. The fourth-order valence-corrected chi connectivity index (χ4v) is 2.29. The number of ether oxygens (including phenoxy) is 1. The number of rotatable bonds is 5. The van der Waals surface area contributed by atoms with Crippen molar-refractivity contribution in [2.75, 3.05) is 24.8 Å². The van der Waals surface area contributed by atoms with E-state index in [0.717, 1.165) is 11.3 Å². The smallest absolute Gasteiger partial charge is 0.321 e. The maximum absolute atomic E-state index is 12.5. The summed E-state index contributed by atoms with van der Waals surface area (Å²) in [5.74, 6) is 0.233. The molecule has 0 bridgehead atoms. The first-order chi connectivity index (χ1) is 11.5. The quantitative estimate of drug-likeness (QED) is 0.495. The first-order valence-corrected chi connectivity index (χ1v) is 7.46. The van der Waals surface area contributed by atoms with Gasteiger partial charge in [-0.15, -0.1) is 0 Å². The third-order valence-electron chi connectivity index (χ3n) is 3.69. The van der Waals surface area contributed by atoms with Gasteiger partial charge in [0.05, 0.1) is 12.7 Å². The van der Waals surface area contributed by atoms with Gasteiger partial charge in [0.15, 0.2) is 0 Å². The van der Waals surface area contributed by atoms with E-state index in [2.05, 4.69) is 17.2 Å². The molecule has 2 N–H and O–H groups in total. The Morgan fingerprint density at radius 1 is 1.46 bits per heavy atom. The van der Waals surface area contributed by atoms with E-state index in [1.807, 2.05) is 6.07 Å². The molecular weight excluding hydrogens is 306 g/mol. The molecule has 1 heterocycles. The minimum atomic E-state index is -0.277. The zero-order valence-corrected chi connectivity index (χ0v) is 14.1. The molecule has 0 saturated carbocycles. The van der Waals surface area contributed by atoms with Crippen molar-refractivity contribution in [3.8, 4) is 0 Å². The Bertz CT molecular complexity index is 735. The topological polar surface area (TPSA) is 70.7 Å². The average molecular weight is 327 g/mol. The van der Waals surface area contributed by atoms with Gasteiger partial charge in [-0.1, -0.05) is 18.7 Å². The molecule has 24 heavy (non-hydrogen) atoms. The van der Waals surface area contributed by atoms with Crippen molar-refractivity contribution in [2.24, 2.45) is 0 Å². The summed E-state index contributed by atoms with van der Waals surface area (Å²) in [7, 11) is 3.23. The molecule has 0 saturated heterocycles. The van der Waals surface area contributed by atoms with Crippen LogP contribution < -0.4 is 10.6 Å². The standard InChI is InChI=1S/C18H21N3O3/c1-5-6-7-15(12(2)24-4)17(22)19-14-8-9-16-13(10-14)11-21(3)18(23)20-16/h5-10H,1,11H2,2-4H3,(H,19,22)(H,20,23)/b7-6-,15-12-. The number of nitrogens with one attached hydrogen (secondary N) is 2. The predicted molar refractivity (Wildman–Crippen MR) is 94.6 cm³/mol. The van der Waals surface area contributed by atoms with Crippen LogP contribution >= 0.6 is 0 Å². The fraction of sp³-hybridized carbons (Fsp3) is 0.222. The molecular formula is C18H21N3O3. The Labute approximate surface area is 141 Å². The van der Waals surface area contributed by atoms with Gasteiger partial charge in [-0.05, 0) is 36.8 Å². The molecule has 1 aromatic rings. The molecule has 6 nitrogen and oxygen atoms in total. The van der Waals surface area contributed by atoms with E-state index in [9.17, 15) is 9.59 Å². The van der Waals surface area contributed by atoms with Crippen LogP contribution in [0.1, 0.15) is 12.5 Å². The first-order valence-electron chi connectivity index (χ1n) is 7.46. The van der Waals surface area contributed by atoms with E-state index in [-0.39, 0.29) is 11.9 Å². The van der Waals surface area contributed by atoms with Crippen molar-refractivity contribution in [3.63, 3.8) is 0 Å². The molecule has 3 amide bonds. The number of benzene rings is 1. The minimum absolute atomic E-state index is 0.144. The van der Waals surface area contributed by atoms with Crippen molar-refractivity contribution in [2.45, 2.75) is 13.5 Å². The zero-order valence-electron chi connectivity index (χ0n) is 14.1. The molecule has 126 valence electrons. The highest BCUT2D eigenvalue weighted by atomic mass is 16.5. The van der Waals surface area contributed by atoms with Gasteiger partial charge in [0.1, 0.15) is 5.76 Å². The Kier molecular flexibility index (Phi) is 5.42. The van der Waals surface area contributed by atoms with Crippen molar-refractivity contribution >= 4 is 23.3 Å². The van der Waals surface area contributed by atoms with E-state index in [1.54, 1.807) is 49.2 Å². The van der Waals surface area contributed by atoms with Crippen LogP contribution in [-0.4, -0.2) is 31.0 Å². The molecule has 0 atom stereocenters. The number of methoxy groups -OCH3 is 1. The molecule has 0 aliphatic carbocycles. The van der Waals surface area contributed by atoms with Crippen LogP contribution in [0.15, 0.2) is 54.3 Å². The molecule has 0 fully saturated rings. The minimum Gasteiger partial charge on any atom is -0.501 e. The van der Waals surface area contributed by atoms with Crippen molar-refractivity contribution < 1.29 is 14.3 Å². The highest BCUT2D eigenvalue weighted by Crippen LogP contribution is 2.26. The summed E-state index contributed by atoms with van der Waals surface area (Å²) in [6, 6.07) is 5.23. The Balaban J connectivity index is 2.23. The van der Waals surface area contributed by atoms with Gasteiger partial charge in [0.25, 0.3) is 5.91 Å². The van der Waals surface area contributed by atoms with Crippen LogP contribution in [0.3, 0.4) is 0 Å². The molecule has 1 aliphatic heterocycles. The van der Waals surface area contributed by atoms with Crippen LogP contribution in [0, 0.1) is 0 Å². The van der Waals surface area contributed by atoms with Gasteiger partial charge in [0, 0.05) is 25.0 Å². The van der Waals surface area contributed by atoms with Crippen molar-refractivity contribution in [3.05, 3.63) is 59.9 Å². The lowest BCUT2D eigenvalue weighted by Crippen LogP contribution is -2.35. The summed E-state index contributed by atoms with van der Waals surface area (Å²) in [6.07, 6.45) is 4.91. The molecule has 0 radical (unpaired) electrons. The summed E-state index contributed by atoms with van der Waals surface area (Å²) >= 11 is 0. The number of hydrogen-bond donors (Lipinski definition) is 2. The highest BCUT2D eigenvalue weighted by Gasteiger charge is 2.20. The third-order valence-corrected chi connectivity index (χ3v) is 3.69. The monoisotopic (exact) mass is 327 g/mol. The summed E-state index contributed by atoms with van der Waals surface area (Å²) in [4.78, 5) is 25.7. The van der Waals surface area contributed by atoms with Gasteiger partial charge in [-0.2, -0.15) is 0 Å².